The van der Waals surface area contributed by atoms with E-state index in [0.717, 1.165) is 11.1 Å². The molecule has 2 atom stereocenters. The first-order valence-electron chi connectivity index (χ1n) is 10.1. The fourth-order valence-electron chi connectivity index (χ4n) is 3.76. The predicted molar refractivity (Wildman–Crippen MR) is 112 cm³/mol. The molecule has 3 heterocycles. The van der Waals surface area contributed by atoms with Crippen LogP contribution in [0.15, 0.2) is 42.7 Å². The first-order valence-corrected chi connectivity index (χ1v) is 10.1. The third-order valence-electron chi connectivity index (χ3n) is 5.24. The second-order valence-electron chi connectivity index (χ2n) is 7.64. The Kier molecular flexibility index (Phi) is 6.08. The molecule has 0 spiro atoms. The molecule has 2 amide bonds. The van der Waals surface area contributed by atoms with E-state index >= 15 is 0 Å². The number of benzene rings is 1. The first-order chi connectivity index (χ1) is 15.0. The van der Waals surface area contributed by atoms with E-state index in [2.05, 4.69) is 25.6 Å². The third kappa shape index (κ3) is 4.80. The lowest BCUT2D eigenvalue weighted by atomic mass is 10.0. The molecular formula is C21H25N7O3. The summed E-state index contributed by atoms with van der Waals surface area (Å²) in [6, 6.07) is 9.34. The Bertz CT molecular complexity index is 1050. The third-order valence-corrected chi connectivity index (χ3v) is 5.24. The Balaban J connectivity index is 1.52. The molecule has 1 aliphatic heterocycles. The molecule has 1 saturated heterocycles. The van der Waals surface area contributed by atoms with Crippen molar-refractivity contribution in [1.82, 2.24) is 35.2 Å². The number of nitrogens with zero attached hydrogens (tertiary/aromatic N) is 5. The van der Waals surface area contributed by atoms with Gasteiger partial charge < -0.3 is 15.0 Å². The largest absolute Gasteiger partial charge is 0.375 e. The average molecular weight is 423 g/mol. The number of carbonyl (C=O) groups is 2. The average Bonchev–Trinajstić information content (AvgIpc) is 3.49. The molecule has 162 valence electrons. The van der Waals surface area contributed by atoms with Gasteiger partial charge in [-0.1, -0.05) is 30.3 Å². The van der Waals surface area contributed by atoms with Crippen molar-refractivity contribution >= 4 is 11.8 Å². The van der Waals surface area contributed by atoms with Crippen molar-refractivity contribution in [1.29, 1.82) is 0 Å². The van der Waals surface area contributed by atoms with Crippen LogP contribution in [0.3, 0.4) is 0 Å². The van der Waals surface area contributed by atoms with Crippen LogP contribution in [0.4, 0.5) is 0 Å². The van der Waals surface area contributed by atoms with E-state index in [9.17, 15) is 9.59 Å². The van der Waals surface area contributed by atoms with Crippen LogP contribution in [0.2, 0.25) is 0 Å². The molecule has 10 nitrogen and oxygen atoms in total. The highest BCUT2D eigenvalue weighted by Gasteiger charge is 2.39. The molecule has 0 unspecified atom stereocenters. The van der Waals surface area contributed by atoms with Gasteiger partial charge in [-0.05, 0) is 12.5 Å². The number of likely N-dealkylation sites (tertiary alicyclic amines) is 1. The molecule has 0 saturated carbocycles. The van der Waals surface area contributed by atoms with Gasteiger partial charge in [0.2, 0.25) is 11.8 Å². The SMILES string of the molecule is COCC(=O)N[C@@H]1CN(C(=O)Cn2cc(C)cn2)C[C@H]1c1nc(-c2ccccc2)n[nH]1. The van der Waals surface area contributed by atoms with Gasteiger partial charge in [0.05, 0.1) is 18.2 Å². The lowest BCUT2D eigenvalue weighted by molar-refractivity contribution is -0.131. The van der Waals surface area contributed by atoms with Gasteiger partial charge in [0.1, 0.15) is 19.0 Å². The van der Waals surface area contributed by atoms with Crippen LogP contribution >= 0.6 is 0 Å². The number of carbonyl (C=O) groups excluding carboxylic acids is 2. The molecule has 1 aromatic carbocycles. The zero-order chi connectivity index (χ0) is 21.8. The summed E-state index contributed by atoms with van der Waals surface area (Å²) in [7, 11) is 1.47. The normalized spacial score (nSPS) is 18.3. The van der Waals surface area contributed by atoms with Crippen molar-refractivity contribution < 1.29 is 14.3 Å². The van der Waals surface area contributed by atoms with E-state index in [4.69, 9.17) is 4.74 Å². The molecular weight excluding hydrogens is 398 g/mol. The maximum Gasteiger partial charge on any atom is 0.246 e. The van der Waals surface area contributed by atoms with Crippen molar-refractivity contribution in [2.75, 3.05) is 26.8 Å². The lowest BCUT2D eigenvalue weighted by Gasteiger charge is -2.17. The van der Waals surface area contributed by atoms with E-state index < -0.39 is 0 Å². The summed E-state index contributed by atoms with van der Waals surface area (Å²) in [4.78, 5) is 31.4. The molecule has 0 bridgehead atoms. The minimum Gasteiger partial charge on any atom is -0.375 e. The van der Waals surface area contributed by atoms with E-state index in [1.807, 2.05) is 43.5 Å². The Morgan fingerprint density at radius 1 is 1.26 bits per heavy atom. The number of methoxy groups -OCH3 is 1. The summed E-state index contributed by atoms with van der Waals surface area (Å²) in [5, 5.41) is 14.5. The molecule has 31 heavy (non-hydrogen) atoms. The maximum atomic E-state index is 12.9. The Morgan fingerprint density at radius 2 is 2.06 bits per heavy atom. The molecule has 0 radical (unpaired) electrons. The topological polar surface area (TPSA) is 118 Å². The number of nitrogens with one attached hydrogen (secondary N) is 2. The Morgan fingerprint density at radius 3 is 2.77 bits per heavy atom. The summed E-state index contributed by atoms with van der Waals surface area (Å²) in [6.07, 6.45) is 3.54. The number of H-pyrrole nitrogens is 1. The van der Waals surface area contributed by atoms with Gasteiger partial charge in [0, 0.05) is 32.0 Å². The van der Waals surface area contributed by atoms with Crippen molar-refractivity contribution in [3.05, 3.63) is 54.1 Å². The van der Waals surface area contributed by atoms with Crippen molar-refractivity contribution in [2.45, 2.75) is 25.4 Å². The molecule has 3 aromatic rings. The smallest absolute Gasteiger partial charge is 0.246 e. The Hall–Kier alpha value is -3.53. The van der Waals surface area contributed by atoms with Crippen LogP contribution in [-0.2, 0) is 20.9 Å². The van der Waals surface area contributed by atoms with Crippen LogP contribution < -0.4 is 5.32 Å². The quantitative estimate of drug-likeness (QED) is 0.579. The number of aromatic nitrogens is 5. The minimum atomic E-state index is -0.303. The molecule has 2 aromatic heterocycles. The van der Waals surface area contributed by atoms with Gasteiger partial charge in [-0.15, -0.1) is 0 Å². The molecule has 0 aliphatic carbocycles. The number of amides is 2. The zero-order valence-corrected chi connectivity index (χ0v) is 17.5. The standard InChI is InChI=1S/C21H25N7O3/c1-14-8-22-28(9-14)12-19(30)27-10-16(17(11-27)23-18(29)13-31-2)21-24-20(25-26-21)15-6-4-3-5-7-15/h3-9,16-17H,10-13H2,1-2H3,(H,23,29)(H,24,25,26)/t16-,17-/m1/s1. The summed E-state index contributed by atoms with van der Waals surface area (Å²) >= 11 is 0. The summed E-state index contributed by atoms with van der Waals surface area (Å²) in [5.74, 6) is 0.687. The van der Waals surface area contributed by atoms with E-state index in [-0.39, 0.29) is 36.9 Å². The van der Waals surface area contributed by atoms with Crippen LogP contribution in [-0.4, -0.2) is 74.5 Å². The molecule has 2 N–H and O–H groups in total. The first kappa shape index (κ1) is 20.7. The van der Waals surface area contributed by atoms with E-state index in [1.165, 1.54) is 7.11 Å². The van der Waals surface area contributed by atoms with Gasteiger partial charge >= 0.3 is 0 Å². The highest BCUT2D eigenvalue weighted by atomic mass is 16.5. The lowest BCUT2D eigenvalue weighted by Crippen LogP contribution is -2.42. The molecule has 10 heteroatoms. The second kappa shape index (κ2) is 9.09. The van der Waals surface area contributed by atoms with Crippen LogP contribution in [0.25, 0.3) is 11.4 Å². The number of aromatic amines is 1. The summed E-state index contributed by atoms with van der Waals surface area (Å²) < 4.78 is 6.55. The van der Waals surface area contributed by atoms with Crippen LogP contribution in [0.1, 0.15) is 17.3 Å². The highest BCUT2D eigenvalue weighted by molar-refractivity contribution is 5.79. The molecule has 1 fully saturated rings. The number of aryl methyl sites for hydroxylation is 1. The van der Waals surface area contributed by atoms with Crippen LogP contribution in [0.5, 0.6) is 0 Å². The van der Waals surface area contributed by atoms with Crippen LogP contribution in [0, 0.1) is 6.92 Å². The zero-order valence-electron chi connectivity index (χ0n) is 17.5. The van der Waals surface area contributed by atoms with E-state index in [0.29, 0.717) is 24.7 Å². The maximum absolute atomic E-state index is 12.9. The fraction of sp³-hybridized carbons (Fsp3) is 0.381. The van der Waals surface area contributed by atoms with Crippen molar-refractivity contribution in [3.8, 4) is 11.4 Å². The molecule has 4 rings (SSSR count). The van der Waals surface area contributed by atoms with E-state index in [1.54, 1.807) is 15.8 Å². The second-order valence-corrected chi connectivity index (χ2v) is 7.64. The summed E-state index contributed by atoms with van der Waals surface area (Å²) in [6.45, 7) is 2.82. The minimum absolute atomic E-state index is 0.0462. The number of ether oxygens (including phenoxy) is 1. The fourth-order valence-corrected chi connectivity index (χ4v) is 3.76. The molecule has 1 aliphatic rings. The predicted octanol–water partition coefficient (Wildman–Crippen LogP) is 0.734. The number of rotatable bonds is 7. The summed E-state index contributed by atoms with van der Waals surface area (Å²) in [5.41, 5.74) is 1.89. The Labute approximate surface area is 179 Å². The van der Waals surface area contributed by atoms with Gasteiger partial charge in [-0.3, -0.25) is 19.4 Å². The van der Waals surface area contributed by atoms with Crippen molar-refractivity contribution in [2.24, 2.45) is 0 Å². The number of hydrogen-bond donors (Lipinski definition) is 2. The van der Waals surface area contributed by atoms with Gasteiger partial charge in [0.15, 0.2) is 5.82 Å². The highest BCUT2D eigenvalue weighted by Crippen LogP contribution is 2.27. The monoisotopic (exact) mass is 423 g/mol. The van der Waals surface area contributed by atoms with Gasteiger partial charge in [-0.2, -0.15) is 10.2 Å². The van der Waals surface area contributed by atoms with Gasteiger partial charge in [-0.25, -0.2) is 4.98 Å². The van der Waals surface area contributed by atoms with Gasteiger partial charge in [0.25, 0.3) is 0 Å². The van der Waals surface area contributed by atoms with Crippen molar-refractivity contribution in [3.63, 3.8) is 0 Å². The number of hydrogen-bond acceptors (Lipinski definition) is 6.